The maximum atomic E-state index is 12.5. The lowest BCUT2D eigenvalue weighted by Crippen LogP contribution is -2.17. The van der Waals surface area contributed by atoms with Gasteiger partial charge in [0.1, 0.15) is 5.75 Å². The van der Waals surface area contributed by atoms with E-state index in [1.165, 1.54) is 6.21 Å². The van der Waals surface area contributed by atoms with Crippen molar-refractivity contribution in [2.24, 2.45) is 5.10 Å². The Bertz CT molecular complexity index is 1130. The number of hydrogen-bond acceptors (Lipinski definition) is 6. The van der Waals surface area contributed by atoms with E-state index >= 15 is 0 Å². The number of benzene rings is 3. The van der Waals surface area contributed by atoms with Crippen LogP contribution in [0.5, 0.6) is 17.2 Å². The highest BCUT2D eigenvalue weighted by Crippen LogP contribution is 2.29. The van der Waals surface area contributed by atoms with Gasteiger partial charge in [0.2, 0.25) is 0 Å². The second-order valence-corrected chi connectivity index (χ2v) is 7.13. The van der Waals surface area contributed by atoms with Gasteiger partial charge in [0.15, 0.2) is 11.5 Å². The average Bonchev–Trinajstić information content (AvgIpc) is 2.82. The van der Waals surface area contributed by atoms with E-state index in [1.807, 2.05) is 13.8 Å². The summed E-state index contributed by atoms with van der Waals surface area (Å²) in [5.74, 6) is 0.447. The number of ether oxygens (including phenoxy) is 3. The molecule has 0 aliphatic carbocycles. The fraction of sp³-hybridized carbons (Fsp3) is 0.160. The topological polar surface area (TPSA) is 86.2 Å². The molecule has 1 amide bonds. The standard InChI is InChI=1S/C25H23ClN2O5/c1-3-31-21-12-8-19(9-13-21)25(30)33-22-14-5-17(15-23(22)32-4-2)16-27-28-24(29)18-6-10-20(26)11-7-18/h5-16H,3-4H2,1-2H3,(H,28,29)/b27-16+. The fourth-order valence-electron chi connectivity index (χ4n) is 2.80. The molecule has 8 heteroatoms. The Morgan fingerprint density at radius 2 is 1.55 bits per heavy atom. The molecule has 33 heavy (non-hydrogen) atoms. The molecule has 3 aromatic rings. The predicted molar refractivity (Wildman–Crippen MR) is 127 cm³/mol. The summed E-state index contributed by atoms with van der Waals surface area (Å²) in [6.07, 6.45) is 1.47. The Balaban J connectivity index is 1.67. The summed E-state index contributed by atoms with van der Waals surface area (Å²) in [5.41, 5.74) is 3.92. The molecule has 0 aliphatic rings. The molecular formula is C25H23ClN2O5. The first kappa shape index (κ1) is 23.8. The molecule has 0 saturated carbocycles. The molecule has 0 spiro atoms. The number of nitrogens with one attached hydrogen (secondary N) is 1. The summed E-state index contributed by atoms with van der Waals surface area (Å²) >= 11 is 5.83. The average molecular weight is 467 g/mol. The van der Waals surface area contributed by atoms with Gasteiger partial charge in [-0.15, -0.1) is 0 Å². The number of hydrogen-bond donors (Lipinski definition) is 1. The van der Waals surface area contributed by atoms with Crippen molar-refractivity contribution in [1.82, 2.24) is 5.43 Å². The van der Waals surface area contributed by atoms with Gasteiger partial charge in [0, 0.05) is 10.6 Å². The van der Waals surface area contributed by atoms with Gasteiger partial charge < -0.3 is 14.2 Å². The quantitative estimate of drug-likeness (QED) is 0.205. The van der Waals surface area contributed by atoms with Crippen molar-refractivity contribution in [1.29, 1.82) is 0 Å². The third-order valence-corrected chi connectivity index (χ3v) is 4.61. The first-order valence-corrected chi connectivity index (χ1v) is 10.7. The van der Waals surface area contributed by atoms with Crippen LogP contribution in [-0.2, 0) is 0 Å². The molecule has 0 radical (unpaired) electrons. The van der Waals surface area contributed by atoms with E-state index in [0.717, 1.165) is 0 Å². The number of nitrogens with zero attached hydrogens (tertiary/aromatic N) is 1. The van der Waals surface area contributed by atoms with Crippen LogP contribution >= 0.6 is 11.6 Å². The molecule has 0 bridgehead atoms. The molecule has 0 atom stereocenters. The maximum absolute atomic E-state index is 12.5. The number of hydrazone groups is 1. The summed E-state index contributed by atoms with van der Waals surface area (Å²) in [4.78, 5) is 24.7. The van der Waals surface area contributed by atoms with Crippen LogP contribution in [0.3, 0.4) is 0 Å². The highest BCUT2D eigenvalue weighted by molar-refractivity contribution is 6.30. The van der Waals surface area contributed by atoms with Crippen LogP contribution < -0.4 is 19.6 Å². The van der Waals surface area contributed by atoms with Gasteiger partial charge in [-0.3, -0.25) is 4.79 Å². The zero-order chi connectivity index (χ0) is 23.6. The number of carbonyl (C=O) groups excluding carboxylic acids is 2. The minimum atomic E-state index is -0.518. The van der Waals surface area contributed by atoms with Gasteiger partial charge in [0.05, 0.1) is 25.0 Å². The van der Waals surface area contributed by atoms with Gasteiger partial charge in [-0.1, -0.05) is 11.6 Å². The smallest absolute Gasteiger partial charge is 0.343 e. The SMILES string of the molecule is CCOc1ccc(C(=O)Oc2ccc(/C=N/NC(=O)c3ccc(Cl)cc3)cc2OCC)cc1. The molecule has 0 unspecified atom stereocenters. The van der Waals surface area contributed by atoms with Gasteiger partial charge >= 0.3 is 5.97 Å². The number of esters is 1. The van der Waals surface area contributed by atoms with E-state index in [0.29, 0.717) is 46.4 Å². The molecular weight excluding hydrogens is 444 g/mol. The summed E-state index contributed by atoms with van der Waals surface area (Å²) in [7, 11) is 0. The van der Waals surface area contributed by atoms with E-state index in [9.17, 15) is 9.59 Å². The zero-order valence-electron chi connectivity index (χ0n) is 18.2. The summed E-state index contributed by atoms with van der Waals surface area (Å²) in [6.45, 7) is 4.63. The Kier molecular flexibility index (Phi) is 8.43. The van der Waals surface area contributed by atoms with Crippen LogP contribution in [0.25, 0.3) is 0 Å². The highest BCUT2D eigenvalue weighted by atomic mass is 35.5. The van der Waals surface area contributed by atoms with Crippen molar-refractivity contribution in [3.8, 4) is 17.2 Å². The second-order valence-electron chi connectivity index (χ2n) is 6.69. The van der Waals surface area contributed by atoms with Crippen molar-refractivity contribution < 1.29 is 23.8 Å². The van der Waals surface area contributed by atoms with Crippen LogP contribution in [0, 0.1) is 0 Å². The van der Waals surface area contributed by atoms with Gasteiger partial charge in [-0.2, -0.15) is 5.10 Å². The van der Waals surface area contributed by atoms with Crippen LogP contribution in [0.15, 0.2) is 71.8 Å². The largest absolute Gasteiger partial charge is 0.494 e. The lowest BCUT2D eigenvalue weighted by atomic mass is 10.2. The van der Waals surface area contributed by atoms with Crippen LogP contribution in [0.4, 0.5) is 0 Å². The second kappa shape index (κ2) is 11.7. The summed E-state index contributed by atoms with van der Waals surface area (Å²) in [5, 5.41) is 4.51. The Hall–Kier alpha value is -3.84. The van der Waals surface area contributed by atoms with E-state index in [4.69, 9.17) is 25.8 Å². The van der Waals surface area contributed by atoms with E-state index in [1.54, 1.807) is 66.7 Å². The first-order valence-electron chi connectivity index (χ1n) is 10.3. The van der Waals surface area contributed by atoms with E-state index < -0.39 is 5.97 Å². The van der Waals surface area contributed by atoms with Crippen molar-refractivity contribution >= 4 is 29.7 Å². The molecule has 7 nitrogen and oxygen atoms in total. The Labute approximate surface area is 196 Å². The number of carbonyl (C=O) groups is 2. The first-order chi connectivity index (χ1) is 16.0. The lowest BCUT2D eigenvalue weighted by Gasteiger charge is -2.11. The van der Waals surface area contributed by atoms with Crippen molar-refractivity contribution in [3.63, 3.8) is 0 Å². The van der Waals surface area contributed by atoms with Crippen molar-refractivity contribution in [2.75, 3.05) is 13.2 Å². The van der Waals surface area contributed by atoms with Crippen molar-refractivity contribution in [3.05, 3.63) is 88.4 Å². The predicted octanol–water partition coefficient (Wildman–Crippen LogP) is 5.12. The van der Waals surface area contributed by atoms with Crippen LogP contribution in [0.1, 0.15) is 40.1 Å². The Morgan fingerprint density at radius 1 is 0.879 bits per heavy atom. The maximum Gasteiger partial charge on any atom is 0.343 e. The molecule has 0 heterocycles. The summed E-state index contributed by atoms with van der Waals surface area (Å²) < 4.78 is 16.5. The highest BCUT2D eigenvalue weighted by Gasteiger charge is 2.13. The molecule has 0 fully saturated rings. The lowest BCUT2D eigenvalue weighted by molar-refractivity contribution is 0.0728. The minimum Gasteiger partial charge on any atom is -0.494 e. The molecule has 3 rings (SSSR count). The third-order valence-electron chi connectivity index (χ3n) is 4.36. The third kappa shape index (κ3) is 6.82. The zero-order valence-corrected chi connectivity index (χ0v) is 19.0. The van der Waals surface area contributed by atoms with Gasteiger partial charge in [-0.05, 0) is 86.1 Å². The number of rotatable bonds is 9. The molecule has 1 N–H and O–H groups in total. The van der Waals surface area contributed by atoms with Crippen LogP contribution in [-0.4, -0.2) is 31.3 Å². The molecule has 0 aliphatic heterocycles. The molecule has 3 aromatic carbocycles. The number of amides is 1. The van der Waals surface area contributed by atoms with Crippen LogP contribution in [0.2, 0.25) is 5.02 Å². The number of halogens is 1. The monoisotopic (exact) mass is 466 g/mol. The molecule has 170 valence electrons. The Morgan fingerprint density at radius 3 is 2.21 bits per heavy atom. The van der Waals surface area contributed by atoms with Gasteiger partial charge in [0.25, 0.3) is 5.91 Å². The van der Waals surface area contributed by atoms with E-state index in [2.05, 4.69) is 10.5 Å². The van der Waals surface area contributed by atoms with Crippen molar-refractivity contribution in [2.45, 2.75) is 13.8 Å². The normalized spacial score (nSPS) is 10.6. The van der Waals surface area contributed by atoms with Gasteiger partial charge in [-0.25, -0.2) is 10.2 Å². The molecule has 0 aromatic heterocycles. The molecule has 0 saturated heterocycles. The fourth-order valence-corrected chi connectivity index (χ4v) is 2.93. The minimum absolute atomic E-state index is 0.276. The summed E-state index contributed by atoms with van der Waals surface area (Å²) in [6, 6.07) is 18.1. The van der Waals surface area contributed by atoms with E-state index in [-0.39, 0.29) is 11.7 Å².